The number of allylic oxidation sites excluding steroid dienone is 4. The van der Waals surface area contributed by atoms with Gasteiger partial charge in [0.25, 0.3) is 0 Å². The molecule has 43 heavy (non-hydrogen) atoms. The van der Waals surface area contributed by atoms with Crippen molar-refractivity contribution < 1.29 is 24.5 Å². The normalized spacial score (nSPS) is 43.8. The Morgan fingerprint density at radius 1 is 0.953 bits per heavy atom. The van der Waals surface area contributed by atoms with Crippen LogP contribution in [-0.2, 0) is 4.79 Å². The van der Waals surface area contributed by atoms with E-state index in [0.717, 1.165) is 69.4 Å². The van der Waals surface area contributed by atoms with E-state index in [4.69, 9.17) is 10.5 Å². The number of benzene rings is 1. The van der Waals surface area contributed by atoms with Crippen molar-refractivity contribution in [3.8, 4) is 5.75 Å². The zero-order chi connectivity index (χ0) is 30.4. The molecule has 1 saturated heterocycles. The molecule has 7 aliphatic rings. The van der Waals surface area contributed by atoms with Gasteiger partial charge in [0.05, 0.1) is 18.8 Å². The van der Waals surface area contributed by atoms with Crippen LogP contribution in [0.15, 0.2) is 48.1 Å². The lowest BCUT2D eigenvalue weighted by molar-refractivity contribution is -0.177. The Balaban J connectivity index is 1.29. The lowest BCUT2D eigenvalue weighted by atomic mass is 9.32. The Hall–Kier alpha value is -2.48. The third-order valence-electron chi connectivity index (χ3n) is 13.8. The van der Waals surface area contributed by atoms with Crippen molar-refractivity contribution in [3.05, 3.63) is 53.6 Å². The Morgan fingerprint density at radius 3 is 2.28 bits per heavy atom. The minimum absolute atomic E-state index is 0.0522. The number of likely N-dealkylation sites (tertiary alicyclic amines) is 1. The number of piperidine rings is 1. The molecule has 2 spiro atoms. The standard InChI is InChI=1S/C36H48N2O5/c1-32-13-8-25(39)20-34(32)16-17-36(27(21-34)30(40)23-4-6-26(43-3)7-5-23)28(32)9-14-33(2)29(36)10-15-35(33,42)22-38-18-11-24(12-19-38)31(37)41/h4-7,16-17,21,24-25,28-29,39,42H,8-15,18-20,22H2,1-3H3,(H2,37,41). The number of fused-ring (bicyclic) bond motifs is 1. The molecule has 1 heterocycles. The molecule has 1 amide bonds. The Labute approximate surface area is 255 Å². The number of ether oxygens (including phenoxy) is 1. The van der Waals surface area contributed by atoms with Gasteiger partial charge in [-0.1, -0.05) is 32.1 Å². The Morgan fingerprint density at radius 2 is 1.60 bits per heavy atom. The summed E-state index contributed by atoms with van der Waals surface area (Å²) in [7, 11) is 1.63. The molecule has 7 heteroatoms. The number of Topliss-reactive ketones (excluding diaryl/α,β-unsaturated/α-hetero) is 1. The van der Waals surface area contributed by atoms with Gasteiger partial charge in [-0.05, 0) is 112 Å². The molecule has 1 aliphatic heterocycles. The number of aliphatic hydroxyl groups is 2. The van der Waals surface area contributed by atoms with Crippen LogP contribution >= 0.6 is 0 Å². The number of carbonyl (C=O) groups excluding carboxylic acids is 2. The molecular formula is C36H48N2O5. The number of nitrogens with two attached hydrogens (primary N) is 1. The van der Waals surface area contributed by atoms with E-state index in [0.29, 0.717) is 24.9 Å². The summed E-state index contributed by atoms with van der Waals surface area (Å²) in [6.45, 7) is 6.84. The number of primary amides is 1. The van der Waals surface area contributed by atoms with E-state index in [-0.39, 0.29) is 51.8 Å². The predicted molar refractivity (Wildman–Crippen MR) is 164 cm³/mol. The van der Waals surface area contributed by atoms with Crippen LogP contribution in [0.5, 0.6) is 5.75 Å². The van der Waals surface area contributed by atoms with E-state index in [2.05, 4.69) is 37.0 Å². The van der Waals surface area contributed by atoms with Gasteiger partial charge in [-0.25, -0.2) is 0 Å². The molecule has 1 aromatic carbocycles. The number of nitrogens with zero attached hydrogens (tertiary/aromatic N) is 1. The van der Waals surface area contributed by atoms with Gasteiger partial charge in [-0.3, -0.25) is 9.59 Å². The van der Waals surface area contributed by atoms with Gasteiger partial charge >= 0.3 is 0 Å². The van der Waals surface area contributed by atoms with E-state index in [1.807, 2.05) is 24.3 Å². The Kier molecular flexibility index (Phi) is 6.64. The summed E-state index contributed by atoms with van der Waals surface area (Å²) in [6.07, 6.45) is 13.9. The monoisotopic (exact) mass is 588 g/mol. The number of carbonyl (C=O) groups is 2. The van der Waals surface area contributed by atoms with Crippen molar-refractivity contribution >= 4 is 11.7 Å². The van der Waals surface area contributed by atoms with Gasteiger partial charge in [0.15, 0.2) is 5.78 Å². The number of amides is 1. The first kappa shape index (κ1) is 29.2. The second-order valence-corrected chi connectivity index (χ2v) is 15.3. The van der Waals surface area contributed by atoms with Crippen molar-refractivity contribution in [2.75, 3.05) is 26.7 Å². The van der Waals surface area contributed by atoms with E-state index in [9.17, 15) is 19.8 Å². The highest BCUT2D eigenvalue weighted by Gasteiger charge is 2.74. The molecule has 7 nitrogen and oxygen atoms in total. The molecule has 0 radical (unpaired) electrons. The third-order valence-corrected chi connectivity index (χ3v) is 13.8. The highest BCUT2D eigenvalue weighted by Crippen LogP contribution is 2.78. The first-order valence-corrected chi connectivity index (χ1v) is 16.5. The summed E-state index contributed by atoms with van der Waals surface area (Å²) in [5.41, 5.74) is 5.02. The molecule has 8 atom stereocenters. The van der Waals surface area contributed by atoms with Crippen LogP contribution in [0.4, 0.5) is 0 Å². The third kappa shape index (κ3) is 3.89. The fourth-order valence-electron chi connectivity index (χ4n) is 11.2. The topological polar surface area (TPSA) is 113 Å². The summed E-state index contributed by atoms with van der Waals surface area (Å²) >= 11 is 0. The second-order valence-electron chi connectivity index (χ2n) is 15.3. The van der Waals surface area contributed by atoms with Crippen molar-refractivity contribution in [2.45, 2.75) is 83.3 Å². The highest BCUT2D eigenvalue weighted by atomic mass is 16.5. The number of methoxy groups -OCH3 is 1. The van der Waals surface area contributed by atoms with Crippen LogP contribution in [0.25, 0.3) is 0 Å². The first-order valence-electron chi connectivity index (χ1n) is 16.5. The fraction of sp³-hybridized carbons (Fsp3) is 0.667. The van der Waals surface area contributed by atoms with Crippen molar-refractivity contribution in [1.29, 1.82) is 0 Å². The molecule has 0 aromatic heterocycles. The molecule has 3 saturated carbocycles. The smallest absolute Gasteiger partial charge is 0.220 e. The largest absolute Gasteiger partial charge is 0.497 e. The van der Waals surface area contributed by atoms with Gasteiger partial charge in [0.2, 0.25) is 5.91 Å². The molecule has 4 fully saturated rings. The van der Waals surface area contributed by atoms with Crippen molar-refractivity contribution in [1.82, 2.24) is 4.90 Å². The fourth-order valence-corrected chi connectivity index (χ4v) is 11.2. The summed E-state index contributed by atoms with van der Waals surface area (Å²) < 4.78 is 5.38. The van der Waals surface area contributed by atoms with Crippen LogP contribution in [0.2, 0.25) is 0 Å². The number of ketones is 1. The number of hydrogen-bond donors (Lipinski definition) is 3. The van der Waals surface area contributed by atoms with Crippen LogP contribution < -0.4 is 10.5 Å². The van der Waals surface area contributed by atoms with Crippen LogP contribution in [0, 0.1) is 39.4 Å². The molecule has 232 valence electrons. The average molecular weight is 589 g/mol. The molecule has 8 unspecified atom stereocenters. The summed E-state index contributed by atoms with van der Waals surface area (Å²) in [6, 6.07) is 7.45. The molecule has 6 aliphatic carbocycles. The second kappa shape index (κ2) is 9.76. The van der Waals surface area contributed by atoms with Gasteiger partial charge in [-0.2, -0.15) is 0 Å². The lowest BCUT2D eigenvalue weighted by Crippen LogP contribution is -2.67. The number of hydrogen-bond acceptors (Lipinski definition) is 6. The number of aliphatic hydroxyl groups excluding tert-OH is 1. The first-order chi connectivity index (χ1) is 20.4. The number of β-amino-alcohol motifs (C(OH)–C–C–N with tert-alkyl or cyclic N) is 1. The molecule has 1 aromatic rings. The minimum atomic E-state index is -0.880. The Bertz CT molecular complexity index is 1380. The molecular weight excluding hydrogens is 540 g/mol. The zero-order valence-corrected chi connectivity index (χ0v) is 26.0. The van der Waals surface area contributed by atoms with Crippen molar-refractivity contribution in [2.24, 2.45) is 45.1 Å². The maximum absolute atomic E-state index is 14.6. The molecule has 4 N–H and O–H groups in total. The maximum atomic E-state index is 14.6. The minimum Gasteiger partial charge on any atom is -0.497 e. The van der Waals surface area contributed by atoms with Crippen LogP contribution in [0.1, 0.15) is 82.0 Å². The lowest BCUT2D eigenvalue weighted by Gasteiger charge is -2.71. The van der Waals surface area contributed by atoms with E-state index < -0.39 is 11.0 Å². The van der Waals surface area contributed by atoms with Crippen molar-refractivity contribution in [3.63, 3.8) is 0 Å². The molecule has 8 rings (SSSR count). The van der Waals surface area contributed by atoms with Gasteiger partial charge in [0, 0.05) is 39.8 Å². The quantitative estimate of drug-likeness (QED) is 0.329. The van der Waals surface area contributed by atoms with E-state index in [1.54, 1.807) is 7.11 Å². The van der Waals surface area contributed by atoms with Gasteiger partial charge in [0.1, 0.15) is 5.75 Å². The summed E-state index contributed by atoms with van der Waals surface area (Å²) in [5.74, 6) is 0.884. The zero-order valence-electron chi connectivity index (χ0n) is 26.0. The van der Waals surface area contributed by atoms with Gasteiger partial charge < -0.3 is 25.6 Å². The maximum Gasteiger partial charge on any atom is 0.220 e. The van der Waals surface area contributed by atoms with E-state index >= 15 is 0 Å². The van der Waals surface area contributed by atoms with E-state index in [1.165, 1.54) is 0 Å². The SMILES string of the molecule is COc1ccc(C(=O)C2=CC34C=CC25C(CCC2(C)C5CCC2(O)CN2CCC(C(N)=O)CC2)C3(C)CCC(O)C4)cc1. The molecule has 2 bridgehead atoms. The highest BCUT2D eigenvalue weighted by molar-refractivity contribution is 6.10. The summed E-state index contributed by atoms with van der Waals surface area (Å²) in [5, 5.41) is 23.5. The number of rotatable bonds is 6. The predicted octanol–water partition coefficient (Wildman–Crippen LogP) is 4.67. The summed E-state index contributed by atoms with van der Waals surface area (Å²) in [4.78, 5) is 28.7. The van der Waals surface area contributed by atoms with Crippen LogP contribution in [-0.4, -0.2) is 65.3 Å². The van der Waals surface area contributed by atoms with Gasteiger partial charge in [-0.15, -0.1) is 0 Å². The van der Waals surface area contributed by atoms with Crippen LogP contribution in [0.3, 0.4) is 0 Å². The average Bonchev–Trinajstić information content (AvgIpc) is 3.27.